The monoisotopic (exact) mass is 452 g/mol. The van der Waals surface area contributed by atoms with Gasteiger partial charge in [0.1, 0.15) is 5.82 Å². The standard InChI is InChI=1S/C26H20N4O4/c1-16(2)28-23-10-6-4-7-19(23)21(26(28)32)15-24-27-22-9-5-3-8-20(22)25(31)29(24)17-11-13-18(14-12-17)30(33)34/h3-16H,1-2H3. The molecular weight excluding hydrogens is 432 g/mol. The first kappa shape index (κ1) is 21.3. The Morgan fingerprint density at radius 3 is 2.32 bits per heavy atom. The van der Waals surface area contributed by atoms with Crippen molar-refractivity contribution in [3.63, 3.8) is 0 Å². The highest BCUT2D eigenvalue weighted by Gasteiger charge is 2.34. The summed E-state index contributed by atoms with van der Waals surface area (Å²) < 4.78 is 1.38. The first-order chi connectivity index (χ1) is 16.4. The number of carbonyl (C=O) groups excluding carboxylic acids is 1. The van der Waals surface area contributed by atoms with E-state index in [9.17, 15) is 19.7 Å². The molecule has 4 aromatic rings. The summed E-state index contributed by atoms with van der Waals surface area (Å²) in [7, 11) is 0. The molecule has 8 nitrogen and oxygen atoms in total. The van der Waals surface area contributed by atoms with Gasteiger partial charge in [-0.25, -0.2) is 4.98 Å². The van der Waals surface area contributed by atoms with Crippen LogP contribution in [0.15, 0.2) is 77.6 Å². The highest BCUT2D eigenvalue weighted by Crippen LogP contribution is 2.38. The summed E-state index contributed by atoms with van der Waals surface area (Å²) >= 11 is 0. The average molecular weight is 452 g/mol. The second-order valence-electron chi connectivity index (χ2n) is 8.25. The fraction of sp³-hybridized carbons (Fsp3) is 0.115. The second-order valence-corrected chi connectivity index (χ2v) is 8.25. The van der Waals surface area contributed by atoms with Crippen LogP contribution >= 0.6 is 0 Å². The lowest BCUT2D eigenvalue weighted by Gasteiger charge is -2.21. The lowest BCUT2D eigenvalue weighted by Crippen LogP contribution is -2.33. The third kappa shape index (κ3) is 3.36. The molecule has 0 radical (unpaired) electrons. The Bertz CT molecular complexity index is 1550. The van der Waals surface area contributed by atoms with Crippen LogP contribution in [-0.4, -0.2) is 26.4 Å². The molecule has 1 aromatic heterocycles. The first-order valence-electron chi connectivity index (χ1n) is 10.8. The Hall–Kier alpha value is -4.59. The molecule has 0 saturated heterocycles. The van der Waals surface area contributed by atoms with Gasteiger partial charge in [0.2, 0.25) is 0 Å². The zero-order chi connectivity index (χ0) is 24.0. The van der Waals surface area contributed by atoms with Crippen molar-refractivity contribution in [2.24, 2.45) is 0 Å². The molecule has 0 unspecified atom stereocenters. The molecular formula is C26H20N4O4. The number of hydrogen-bond donors (Lipinski definition) is 0. The average Bonchev–Trinajstić information content (AvgIpc) is 3.11. The van der Waals surface area contributed by atoms with Gasteiger partial charge in [0, 0.05) is 23.7 Å². The van der Waals surface area contributed by atoms with Gasteiger partial charge in [-0.2, -0.15) is 0 Å². The maximum atomic E-state index is 13.5. The molecule has 0 atom stereocenters. The van der Waals surface area contributed by atoms with E-state index < -0.39 is 4.92 Å². The van der Waals surface area contributed by atoms with Crippen LogP contribution in [0.3, 0.4) is 0 Å². The fourth-order valence-electron chi connectivity index (χ4n) is 4.27. The van der Waals surface area contributed by atoms with E-state index in [0.717, 1.165) is 11.3 Å². The van der Waals surface area contributed by atoms with Crippen molar-refractivity contribution in [3.8, 4) is 5.69 Å². The molecule has 0 fully saturated rings. The van der Waals surface area contributed by atoms with Gasteiger partial charge in [-0.1, -0.05) is 30.3 Å². The number of fused-ring (bicyclic) bond motifs is 2. The van der Waals surface area contributed by atoms with Crippen LogP contribution in [0.1, 0.15) is 25.2 Å². The summed E-state index contributed by atoms with van der Waals surface area (Å²) in [6.45, 7) is 3.89. The maximum Gasteiger partial charge on any atom is 0.269 e. The minimum Gasteiger partial charge on any atom is -0.305 e. The van der Waals surface area contributed by atoms with E-state index in [-0.39, 0.29) is 29.0 Å². The molecule has 1 amide bonds. The van der Waals surface area contributed by atoms with Crippen molar-refractivity contribution in [2.75, 3.05) is 4.90 Å². The van der Waals surface area contributed by atoms with Crippen molar-refractivity contribution < 1.29 is 9.72 Å². The van der Waals surface area contributed by atoms with Crippen LogP contribution in [0.2, 0.25) is 0 Å². The third-order valence-corrected chi connectivity index (χ3v) is 5.81. The Balaban J connectivity index is 1.78. The maximum absolute atomic E-state index is 13.5. The number of rotatable bonds is 4. The zero-order valence-electron chi connectivity index (χ0n) is 18.5. The molecule has 1 aliphatic rings. The van der Waals surface area contributed by atoms with Crippen molar-refractivity contribution in [2.45, 2.75) is 19.9 Å². The van der Waals surface area contributed by atoms with E-state index in [0.29, 0.717) is 22.2 Å². The predicted octanol–water partition coefficient (Wildman–Crippen LogP) is 4.59. The topological polar surface area (TPSA) is 98.3 Å². The number of aromatic nitrogens is 2. The van der Waals surface area contributed by atoms with Gasteiger partial charge in [0.15, 0.2) is 0 Å². The number of carbonyl (C=O) groups is 1. The van der Waals surface area contributed by atoms with Crippen molar-refractivity contribution in [3.05, 3.63) is 105 Å². The van der Waals surface area contributed by atoms with Crippen molar-refractivity contribution >= 4 is 39.8 Å². The molecule has 3 aromatic carbocycles. The summed E-state index contributed by atoms with van der Waals surface area (Å²) in [5.41, 5.74) is 2.50. The molecule has 0 aliphatic carbocycles. The summed E-state index contributed by atoms with van der Waals surface area (Å²) in [6.07, 6.45) is 1.62. The normalized spacial score (nSPS) is 14.3. The molecule has 168 valence electrons. The molecule has 5 rings (SSSR count). The number of para-hydroxylation sites is 2. The van der Waals surface area contributed by atoms with Gasteiger partial charge in [0.25, 0.3) is 17.2 Å². The molecule has 0 N–H and O–H groups in total. The highest BCUT2D eigenvalue weighted by molar-refractivity contribution is 6.35. The summed E-state index contributed by atoms with van der Waals surface area (Å²) in [5.74, 6) is 0.0927. The van der Waals surface area contributed by atoms with E-state index in [2.05, 4.69) is 0 Å². The number of nitro benzene ring substituents is 1. The Morgan fingerprint density at radius 1 is 0.941 bits per heavy atom. The number of anilines is 1. The molecule has 2 heterocycles. The van der Waals surface area contributed by atoms with Gasteiger partial charge >= 0.3 is 0 Å². The van der Waals surface area contributed by atoms with Crippen LogP contribution in [0.5, 0.6) is 0 Å². The fourth-order valence-corrected chi connectivity index (χ4v) is 4.27. The van der Waals surface area contributed by atoms with Crippen LogP contribution in [0.25, 0.3) is 28.2 Å². The largest absolute Gasteiger partial charge is 0.305 e. The number of nitrogens with zero attached hydrogens (tertiary/aromatic N) is 4. The van der Waals surface area contributed by atoms with Crippen LogP contribution in [0, 0.1) is 10.1 Å². The smallest absolute Gasteiger partial charge is 0.269 e. The van der Waals surface area contributed by atoms with E-state index in [1.807, 2.05) is 38.1 Å². The predicted molar refractivity (Wildman–Crippen MR) is 131 cm³/mol. The molecule has 0 spiro atoms. The van der Waals surface area contributed by atoms with Crippen LogP contribution in [-0.2, 0) is 4.79 Å². The summed E-state index contributed by atoms with van der Waals surface area (Å²) in [5, 5.41) is 11.5. The Labute approximate surface area is 194 Å². The molecule has 0 bridgehead atoms. The van der Waals surface area contributed by atoms with Crippen LogP contribution < -0.4 is 10.5 Å². The van der Waals surface area contributed by atoms with Crippen molar-refractivity contribution in [1.82, 2.24) is 9.55 Å². The van der Waals surface area contributed by atoms with Gasteiger partial charge in [-0.05, 0) is 50.3 Å². The number of amides is 1. The minimum atomic E-state index is -0.497. The van der Waals surface area contributed by atoms with E-state index >= 15 is 0 Å². The van der Waals surface area contributed by atoms with Gasteiger partial charge in [-0.3, -0.25) is 24.3 Å². The summed E-state index contributed by atoms with van der Waals surface area (Å²) in [4.78, 5) is 43.9. The molecule has 0 saturated carbocycles. The minimum absolute atomic E-state index is 0.0546. The number of benzene rings is 3. The van der Waals surface area contributed by atoms with Gasteiger partial charge < -0.3 is 4.90 Å². The zero-order valence-corrected chi connectivity index (χ0v) is 18.5. The van der Waals surface area contributed by atoms with Gasteiger partial charge in [-0.15, -0.1) is 0 Å². The molecule has 34 heavy (non-hydrogen) atoms. The number of non-ortho nitro benzene ring substituents is 1. The lowest BCUT2D eigenvalue weighted by molar-refractivity contribution is -0.384. The third-order valence-electron chi connectivity index (χ3n) is 5.81. The number of hydrogen-bond acceptors (Lipinski definition) is 5. The molecule has 1 aliphatic heterocycles. The van der Waals surface area contributed by atoms with Crippen molar-refractivity contribution in [1.29, 1.82) is 0 Å². The molecule has 8 heteroatoms. The second kappa shape index (κ2) is 8.08. The van der Waals surface area contributed by atoms with Crippen LogP contribution in [0.4, 0.5) is 11.4 Å². The summed E-state index contributed by atoms with van der Waals surface area (Å²) in [6, 6.07) is 20.1. The Morgan fingerprint density at radius 2 is 1.62 bits per heavy atom. The lowest BCUT2D eigenvalue weighted by atomic mass is 10.1. The quantitative estimate of drug-likeness (QED) is 0.256. The Kier molecular flexibility index (Phi) is 5.05. The van der Waals surface area contributed by atoms with E-state index in [4.69, 9.17) is 4.98 Å². The SMILES string of the molecule is CC(C)N1C(=O)C(=Cc2nc3ccccc3c(=O)n2-c2ccc([N+](=O)[O-])cc2)c2ccccc21. The van der Waals surface area contributed by atoms with Gasteiger partial charge in [0.05, 0.1) is 32.8 Å². The van der Waals surface area contributed by atoms with E-state index in [1.165, 1.54) is 28.8 Å². The first-order valence-corrected chi connectivity index (χ1v) is 10.8. The highest BCUT2D eigenvalue weighted by atomic mass is 16.6. The number of nitro groups is 1. The van der Waals surface area contributed by atoms with E-state index in [1.54, 1.807) is 35.2 Å².